The molecule has 24 heavy (non-hydrogen) atoms. The minimum Gasteiger partial charge on any atom is -0.298 e. The Morgan fingerprint density at radius 2 is 1.88 bits per heavy atom. The monoisotopic (exact) mass is 401 g/mol. The van der Waals surface area contributed by atoms with E-state index in [1.54, 1.807) is 6.07 Å². The fourth-order valence-electron chi connectivity index (χ4n) is 1.79. The molecule has 0 saturated carbocycles. The summed E-state index contributed by atoms with van der Waals surface area (Å²) in [6.45, 7) is 0. The highest BCUT2D eigenvalue weighted by Gasteiger charge is 2.34. The van der Waals surface area contributed by atoms with Gasteiger partial charge in [0.1, 0.15) is 5.82 Å². The molecule has 0 aliphatic heterocycles. The van der Waals surface area contributed by atoms with E-state index in [-0.39, 0.29) is 15.6 Å². The Morgan fingerprint density at radius 3 is 2.46 bits per heavy atom. The second-order valence-electron chi connectivity index (χ2n) is 4.58. The maximum Gasteiger partial charge on any atom is 0.418 e. The van der Waals surface area contributed by atoms with Crippen LogP contribution in [0, 0.1) is 17.1 Å². The number of rotatable bonds is 3. The second kappa shape index (κ2) is 6.88. The van der Waals surface area contributed by atoms with Crippen LogP contribution in [-0.2, 0) is 6.18 Å². The summed E-state index contributed by atoms with van der Waals surface area (Å²) in [7, 11) is 0. The van der Waals surface area contributed by atoms with Gasteiger partial charge in [0.25, 0.3) is 5.91 Å². The number of carbonyl (C=O) groups is 1. The third-order valence-electron chi connectivity index (χ3n) is 2.95. The number of amides is 1. The molecule has 0 aliphatic carbocycles. The maximum atomic E-state index is 13.4. The third-order valence-corrected chi connectivity index (χ3v) is 3.59. The topological polar surface area (TPSA) is 64.9 Å². The summed E-state index contributed by atoms with van der Waals surface area (Å²) >= 11 is 2.93. The van der Waals surface area contributed by atoms with E-state index < -0.39 is 29.2 Å². The normalized spacial score (nSPS) is 10.8. The van der Waals surface area contributed by atoms with Crippen LogP contribution in [0.25, 0.3) is 0 Å². The van der Waals surface area contributed by atoms with Crippen molar-refractivity contribution >= 4 is 27.5 Å². The number of hydrogen-bond acceptors (Lipinski definition) is 3. The van der Waals surface area contributed by atoms with Gasteiger partial charge in [0.05, 0.1) is 27.4 Å². The van der Waals surface area contributed by atoms with Gasteiger partial charge in [-0.1, -0.05) is 0 Å². The fraction of sp³-hybridized carbons (Fsp3) is 0.0667. The van der Waals surface area contributed by atoms with Crippen molar-refractivity contribution in [2.24, 2.45) is 0 Å². The smallest absolute Gasteiger partial charge is 0.298 e. The molecule has 0 atom stereocenters. The van der Waals surface area contributed by atoms with Crippen LogP contribution in [0.5, 0.6) is 0 Å². The van der Waals surface area contributed by atoms with Crippen LogP contribution in [-0.4, -0.2) is 5.91 Å². The lowest BCUT2D eigenvalue weighted by atomic mass is 10.1. The van der Waals surface area contributed by atoms with Gasteiger partial charge in [-0.2, -0.15) is 18.4 Å². The molecule has 0 spiro atoms. The molecule has 2 N–H and O–H groups in total. The van der Waals surface area contributed by atoms with Crippen LogP contribution in [0.4, 0.5) is 23.2 Å². The van der Waals surface area contributed by atoms with Crippen molar-refractivity contribution in [1.29, 1.82) is 5.26 Å². The van der Waals surface area contributed by atoms with Gasteiger partial charge in [0.15, 0.2) is 0 Å². The SMILES string of the molecule is N#Cc1ccc(NNC(=O)c2ccc(Br)c(F)c2)c(C(F)(F)F)c1. The Balaban J connectivity index is 2.21. The number of nitrogens with one attached hydrogen (secondary N) is 2. The number of alkyl halides is 3. The van der Waals surface area contributed by atoms with Crippen molar-refractivity contribution in [3.63, 3.8) is 0 Å². The van der Waals surface area contributed by atoms with E-state index in [0.29, 0.717) is 6.07 Å². The molecule has 0 aliphatic rings. The number of benzene rings is 2. The average molecular weight is 402 g/mol. The zero-order valence-electron chi connectivity index (χ0n) is 11.7. The van der Waals surface area contributed by atoms with Gasteiger partial charge in [0, 0.05) is 5.56 Å². The number of nitriles is 1. The largest absolute Gasteiger partial charge is 0.418 e. The highest BCUT2D eigenvalue weighted by molar-refractivity contribution is 9.10. The summed E-state index contributed by atoms with van der Waals surface area (Å²) in [6, 6.07) is 7.99. The Hall–Kier alpha value is -2.60. The minimum absolute atomic E-state index is 0.0783. The third kappa shape index (κ3) is 4.02. The highest BCUT2D eigenvalue weighted by Crippen LogP contribution is 2.35. The molecular weight excluding hydrogens is 394 g/mol. The molecule has 124 valence electrons. The van der Waals surface area contributed by atoms with Crippen molar-refractivity contribution < 1.29 is 22.4 Å². The Bertz CT molecular complexity index is 830. The summed E-state index contributed by atoms with van der Waals surface area (Å²) in [4.78, 5) is 11.9. The molecule has 0 bridgehead atoms. The Kier molecular flexibility index (Phi) is 5.09. The first-order valence-corrected chi connectivity index (χ1v) is 7.14. The Morgan fingerprint density at radius 1 is 1.17 bits per heavy atom. The molecule has 0 radical (unpaired) electrons. The standard InChI is InChI=1S/C15H8BrF4N3O/c16-11-3-2-9(6-12(11)17)14(24)23-22-13-4-1-8(7-21)5-10(13)15(18,19)20/h1-6,22H,(H,23,24). The molecule has 4 nitrogen and oxygen atoms in total. The van der Waals surface area contributed by atoms with E-state index in [2.05, 4.69) is 26.8 Å². The van der Waals surface area contributed by atoms with Crippen molar-refractivity contribution in [2.75, 3.05) is 5.43 Å². The average Bonchev–Trinajstić information content (AvgIpc) is 2.54. The van der Waals surface area contributed by atoms with Crippen LogP contribution in [0.1, 0.15) is 21.5 Å². The number of halogens is 5. The van der Waals surface area contributed by atoms with Crippen molar-refractivity contribution in [1.82, 2.24) is 5.43 Å². The summed E-state index contributed by atoms with van der Waals surface area (Å²) in [5.41, 5.74) is 2.40. The summed E-state index contributed by atoms with van der Waals surface area (Å²) < 4.78 is 52.5. The lowest BCUT2D eigenvalue weighted by Crippen LogP contribution is -2.30. The van der Waals surface area contributed by atoms with Crippen LogP contribution < -0.4 is 10.9 Å². The zero-order chi connectivity index (χ0) is 17.9. The highest BCUT2D eigenvalue weighted by atomic mass is 79.9. The zero-order valence-corrected chi connectivity index (χ0v) is 13.3. The van der Waals surface area contributed by atoms with Gasteiger partial charge in [-0.05, 0) is 52.3 Å². The van der Waals surface area contributed by atoms with Gasteiger partial charge in [0.2, 0.25) is 0 Å². The molecule has 2 rings (SSSR count). The molecule has 0 unspecified atom stereocenters. The van der Waals surface area contributed by atoms with Crippen molar-refractivity contribution in [3.05, 3.63) is 63.4 Å². The second-order valence-corrected chi connectivity index (χ2v) is 5.43. The number of hydrogen-bond donors (Lipinski definition) is 2. The summed E-state index contributed by atoms with van der Waals surface area (Å²) in [5.74, 6) is -1.50. The first kappa shape index (κ1) is 17.7. The quantitative estimate of drug-likeness (QED) is 0.597. The van der Waals surface area contributed by atoms with E-state index >= 15 is 0 Å². The number of carbonyl (C=O) groups excluding carboxylic acids is 1. The van der Waals surface area contributed by atoms with E-state index in [9.17, 15) is 22.4 Å². The fourth-order valence-corrected chi connectivity index (χ4v) is 2.04. The lowest BCUT2D eigenvalue weighted by Gasteiger charge is -2.15. The van der Waals surface area contributed by atoms with Gasteiger partial charge < -0.3 is 0 Å². The summed E-state index contributed by atoms with van der Waals surface area (Å²) in [5, 5.41) is 8.69. The summed E-state index contributed by atoms with van der Waals surface area (Å²) in [6.07, 6.45) is -4.72. The minimum atomic E-state index is -4.72. The van der Waals surface area contributed by atoms with Crippen LogP contribution in [0.2, 0.25) is 0 Å². The van der Waals surface area contributed by atoms with Crippen molar-refractivity contribution in [2.45, 2.75) is 6.18 Å². The maximum absolute atomic E-state index is 13.4. The van der Waals surface area contributed by atoms with Gasteiger partial charge >= 0.3 is 6.18 Å². The predicted molar refractivity (Wildman–Crippen MR) is 81.3 cm³/mol. The van der Waals surface area contributed by atoms with Crippen LogP contribution >= 0.6 is 15.9 Å². The first-order valence-electron chi connectivity index (χ1n) is 6.35. The van der Waals surface area contributed by atoms with E-state index in [1.165, 1.54) is 18.2 Å². The Labute approximate surface area is 142 Å². The number of hydrazine groups is 1. The van der Waals surface area contributed by atoms with Gasteiger partial charge in [-0.25, -0.2) is 4.39 Å². The van der Waals surface area contributed by atoms with Crippen molar-refractivity contribution in [3.8, 4) is 6.07 Å². The molecule has 0 aromatic heterocycles. The van der Waals surface area contributed by atoms with E-state index in [0.717, 1.165) is 12.1 Å². The predicted octanol–water partition coefficient (Wildman–Crippen LogP) is 4.24. The molecule has 0 heterocycles. The number of anilines is 1. The lowest BCUT2D eigenvalue weighted by molar-refractivity contribution is -0.137. The molecule has 2 aromatic carbocycles. The van der Waals surface area contributed by atoms with E-state index in [4.69, 9.17) is 5.26 Å². The molecular formula is C15H8BrF4N3O. The first-order chi connectivity index (χ1) is 11.2. The molecule has 2 aromatic rings. The van der Waals surface area contributed by atoms with Crippen LogP contribution in [0.3, 0.4) is 0 Å². The van der Waals surface area contributed by atoms with Gasteiger partial charge in [-0.3, -0.25) is 15.6 Å². The molecule has 0 fully saturated rings. The molecule has 0 saturated heterocycles. The molecule has 9 heteroatoms. The van der Waals surface area contributed by atoms with Gasteiger partial charge in [-0.15, -0.1) is 0 Å². The number of nitrogens with zero attached hydrogens (tertiary/aromatic N) is 1. The van der Waals surface area contributed by atoms with E-state index in [1.807, 2.05) is 0 Å². The molecule has 1 amide bonds. The van der Waals surface area contributed by atoms with Crippen LogP contribution in [0.15, 0.2) is 40.9 Å².